The van der Waals surface area contributed by atoms with Gasteiger partial charge in [-0.15, -0.1) is 11.3 Å². The molecule has 3 saturated heterocycles. The zero-order valence-corrected chi connectivity index (χ0v) is 18.4. The van der Waals surface area contributed by atoms with Crippen LogP contribution in [0.1, 0.15) is 36.3 Å². The summed E-state index contributed by atoms with van der Waals surface area (Å²) in [6.45, 7) is 4.47. The molecule has 4 aliphatic rings. The Labute approximate surface area is 184 Å². The predicted octanol–water partition coefficient (Wildman–Crippen LogP) is 2.43. The second-order valence-electron chi connectivity index (χ2n) is 9.30. The number of piperidine rings is 3. The third kappa shape index (κ3) is 3.90. The highest BCUT2D eigenvalue weighted by molar-refractivity contribution is 7.10. The number of amides is 1. The van der Waals surface area contributed by atoms with Crippen LogP contribution in [0.4, 0.5) is 5.82 Å². The van der Waals surface area contributed by atoms with Crippen molar-refractivity contribution in [2.45, 2.75) is 44.3 Å². The third-order valence-electron chi connectivity index (χ3n) is 7.05. The van der Waals surface area contributed by atoms with Crippen LogP contribution >= 0.6 is 11.3 Å². The first-order chi connectivity index (χ1) is 14.9. The largest absolute Gasteiger partial charge is 0.454 e. The molecule has 2 atom stereocenters. The van der Waals surface area contributed by atoms with Gasteiger partial charge in [-0.05, 0) is 31.2 Å². The third-order valence-corrected chi connectivity index (χ3v) is 8.05. The van der Waals surface area contributed by atoms with Crippen LogP contribution in [-0.2, 0) is 19.9 Å². The lowest BCUT2D eigenvalue weighted by Gasteiger charge is -2.51. The van der Waals surface area contributed by atoms with Crippen molar-refractivity contribution in [1.82, 2.24) is 5.16 Å². The molecule has 8 nitrogen and oxygen atoms in total. The summed E-state index contributed by atoms with van der Waals surface area (Å²) in [6, 6.07) is 5.35. The fourth-order valence-corrected chi connectivity index (χ4v) is 6.07. The minimum absolute atomic E-state index is 0.0698. The molecular weight excluding hydrogens is 418 g/mol. The lowest BCUT2D eigenvalue weighted by Crippen LogP contribution is -2.66. The smallest absolute Gasteiger partial charge is 0.344 e. The summed E-state index contributed by atoms with van der Waals surface area (Å²) < 4.78 is 11.6. The number of anilines is 1. The first-order valence-electron chi connectivity index (χ1n) is 10.9. The summed E-state index contributed by atoms with van der Waals surface area (Å²) in [7, 11) is 0. The molecule has 0 radical (unpaired) electrons. The molecule has 0 aromatic carbocycles. The molecule has 1 unspecified atom stereocenters. The molecule has 1 saturated carbocycles. The van der Waals surface area contributed by atoms with E-state index in [1.54, 1.807) is 13.0 Å². The zero-order valence-electron chi connectivity index (χ0n) is 17.6. The Morgan fingerprint density at radius 2 is 2.13 bits per heavy atom. The van der Waals surface area contributed by atoms with Crippen LogP contribution in [0.5, 0.6) is 0 Å². The maximum absolute atomic E-state index is 13.2. The second kappa shape index (κ2) is 7.72. The van der Waals surface area contributed by atoms with E-state index in [0.29, 0.717) is 34.0 Å². The van der Waals surface area contributed by atoms with Crippen molar-refractivity contribution >= 4 is 29.0 Å². The first-order valence-corrected chi connectivity index (χ1v) is 11.8. The Hall–Kier alpha value is -2.23. The molecule has 4 fully saturated rings. The molecule has 2 aromatic rings. The molecule has 1 amide bonds. The second-order valence-corrected chi connectivity index (χ2v) is 10.2. The van der Waals surface area contributed by atoms with Crippen molar-refractivity contribution in [3.63, 3.8) is 0 Å². The van der Waals surface area contributed by atoms with Gasteiger partial charge in [0.15, 0.2) is 24.1 Å². The average molecular weight is 447 g/mol. The van der Waals surface area contributed by atoms with Crippen molar-refractivity contribution in [2.75, 3.05) is 31.5 Å². The van der Waals surface area contributed by atoms with Gasteiger partial charge in [0.05, 0.1) is 13.1 Å². The number of quaternary nitrogens is 1. The van der Waals surface area contributed by atoms with E-state index in [4.69, 9.17) is 9.26 Å². The first kappa shape index (κ1) is 20.7. The number of thiophene rings is 1. The molecule has 5 heterocycles. The quantitative estimate of drug-likeness (QED) is 0.500. The number of hydrogen-bond donors (Lipinski definition) is 2. The van der Waals surface area contributed by atoms with Gasteiger partial charge in [0.2, 0.25) is 0 Å². The van der Waals surface area contributed by atoms with Gasteiger partial charge in [0.25, 0.3) is 5.91 Å². The van der Waals surface area contributed by atoms with Crippen molar-refractivity contribution in [3.05, 3.63) is 34.2 Å². The number of fused-ring (bicyclic) bond motifs is 3. The van der Waals surface area contributed by atoms with E-state index in [9.17, 15) is 14.7 Å². The highest BCUT2D eigenvalue weighted by atomic mass is 32.1. The maximum atomic E-state index is 13.2. The van der Waals surface area contributed by atoms with Crippen molar-refractivity contribution in [1.29, 1.82) is 0 Å². The summed E-state index contributed by atoms with van der Waals surface area (Å²) in [4.78, 5) is 26.5. The van der Waals surface area contributed by atoms with E-state index in [1.165, 1.54) is 11.3 Å². The molecule has 3 aliphatic heterocycles. The summed E-state index contributed by atoms with van der Waals surface area (Å²) in [5.74, 6) is 0.628. The van der Waals surface area contributed by atoms with Crippen LogP contribution < -0.4 is 5.32 Å². The van der Waals surface area contributed by atoms with E-state index in [0.717, 1.165) is 38.8 Å². The number of hydrogen-bond acceptors (Lipinski definition) is 7. The molecule has 0 spiro atoms. The molecule has 6 rings (SSSR count). The lowest BCUT2D eigenvalue weighted by molar-refractivity contribution is -0.939. The van der Waals surface area contributed by atoms with Crippen LogP contribution in [0, 0.1) is 18.8 Å². The van der Waals surface area contributed by atoms with E-state index >= 15 is 0 Å². The molecule has 2 aromatic heterocycles. The van der Waals surface area contributed by atoms with Gasteiger partial charge in [-0.25, -0.2) is 4.79 Å². The van der Waals surface area contributed by atoms with Crippen molar-refractivity contribution in [2.24, 2.45) is 11.8 Å². The number of carbonyl (C=O) groups excluding carboxylic acids is 2. The van der Waals surface area contributed by atoms with Gasteiger partial charge in [-0.2, -0.15) is 0 Å². The zero-order chi connectivity index (χ0) is 21.6. The fourth-order valence-electron chi connectivity index (χ4n) is 5.18. The lowest BCUT2D eigenvalue weighted by atomic mass is 9.83. The number of carbonyl (C=O) groups is 2. The Balaban J connectivity index is 1.27. The van der Waals surface area contributed by atoms with Gasteiger partial charge in [-0.1, -0.05) is 11.2 Å². The number of ether oxygens (including phenoxy) is 1. The Kier molecular flexibility index (Phi) is 5.15. The summed E-state index contributed by atoms with van der Waals surface area (Å²) in [5.41, 5.74) is -1.55. The molecule has 9 heteroatoms. The fraction of sp³-hybridized carbons (Fsp3) is 0.591. The van der Waals surface area contributed by atoms with Gasteiger partial charge in [-0.3, -0.25) is 4.79 Å². The van der Waals surface area contributed by atoms with Crippen LogP contribution in [0.3, 0.4) is 0 Å². The van der Waals surface area contributed by atoms with Crippen molar-refractivity contribution < 1.29 is 28.4 Å². The van der Waals surface area contributed by atoms with E-state index in [-0.39, 0.29) is 23.8 Å². The van der Waals surface area contributed by atoms with Crippen LogP contribution in [0.15, 0.2) is 28.1 Å². The molecule has 166 valence electrons. The van der Waals surface area contributed by atoms with Crippen LogP contribution in [0.2, 0.25) is 0 Å². The van der Waals surface area contributed by atoms with Crippen LogP contribution in [-0.4, -0.2) is 58.9 Å². The summed E-state index contributed by atoms with van der Waals surface area (Å²) in [6.07, 6.45) is 3.21. The van der Waals surface area contributed by atoms with E-state index in [2.05, 4.69) is 10.5 Å². The van der Waals surface area contributed by atoms with Crippen LogP contribution in [0.25, 0.3) is 0 Å². The maximum Gasteiger partial charge on any atom is 0.344 e. The Bertz CT molecular complexity index is 962. The number of nitrogens with one attached hydrogen (secondary N) is 1. The highest BCUT2D eigenvalue weighted by Gasteiger charge is 2.55. The summed E-state index contributed by atoms with van der Waals surface area (Å²) >= 11 is 1.39. The molecule has 2 N–H and O–H groups in total. The van der Waals surface area contributed by atoms with Gasteiger partial charge in [0, 0.05) is 35.6 Å². The number of nitrogens with zero attached hydrogens (tertiary/aromatic N) is 2. The average Bonchev–Trinajstić information content (AvgIpc) is 3.30. The minimum Gasteiger partial charge on any atom is -0.454 e. The molecule has 2 bridgehead atoms. The monoisotopic (exact) mass is 446 g/mol. The molecule has 31 heavy (non-hydrogen) atoms. The van der Waals surface area contributed by atoms with Gasteiger partial charge in [0.1, 0.15) is 12.3 Å². The topological polar surface area (TPSA) is 102 Å². The summed E-state index contributed by atoms with van der Waals surface area (Å²) in [5, 5.41) is 19.8. The number of esters is 1. The number of aryl methyl sites for hydroxylation is 1. The SMILES string of the molecule is Cc1cc(NC(=O)C[N+]23CCC(CC2)[C@@H](OC(=O)C(O)(c2cccs2)C2CC2)C3)no1. The van der Waals surface area contributed by atoms with E-state index < -0.39 is 11.6 Å². The Morgan fingerprint density at radius 1 is 1.35 bits per heavy atom. The molecule has 1 aliphatic carbocycles. The number of rotatable bonds is 7. The normalized spacial score (nSPS) is 29.4. The number of aliphatic hydroxyl groups is 1. The van der Waals surface area contributed by atoms with E-state index in [1.807, 2.05) is 17.5 Å². The highest BCUT2D eigenvalue weighted by Crippen LogP contribution is 2.48. The van der Waals surface area contributed by atoms with Crippen molar-refractivity contribution in [3.8, 4) is 0 Å². The number of aromatic nitrogens is 1. The minimum atomic E-state index is -1.55. The Morgan fingerprint density at radius 3 is 2.74 bits per heavy atom. The molecular formula is C22H28N3O5S+. The standard InChI is InChI=1S/C22H27N3O5S/c1-14-11-19(24-30-14)23-20(26)13-25-8-6-15(7-9-25)17(12-25)29-21(27)22(28,16-4-5-16)18-3-2-10-31-18/h2-3,10-11,15-17,28H,4-9,12-13H2,1H3/p+1/t15?,17-,22?,25?/m0/s1. The van der Waals surface area contributed by atoms with Gasteiger partial charge >= 0.3 is 5.97 Å². The predicted molar refractivity (Wildman–Crippen MR) is 113 cm³/mol. The van der Waals surface area contributed by atoms with Gasteiger partial charge < -0.3 is 24.2 Å².